The van der Waals surface area contributed by atoms with E-state index in [1.807, 2.05) is 20.2 Å². The van der Waals surface area contributed by atoms with Gasteiger partial charge in [0, 0.05) is 26.2 Å². The van der Waals surface area contributed by atoms with Crippen molar-refractivity contribution in [2.45, 2.75) is 38.7 Å². The smallest absolute Gasteiger partial charge is 0.220 e. The first-order valence-corrected chi connectivity index (χ1v) is 6.04. The molecule has 1 aromatic rings. The van der Waals surface area contributed by atoms with E-state index in [0.29, 0.717) is 19.4 Å². The number of nitrogens with one attached hydrogen (secondary N) is 1. The molecule has 5 heteroatoms. The van der Waals surface area contributed by atoms with E-state index in [-0.39, 0.29) is 5.91 Å². The second-order valence-corrected chi connectivity index (χ2v) is 4.27. The Balaban J connectivity index is 2.17. The number of carbonyl (C=O) groups excluding carboxylic acids is 1. The van der Waals surface area contributed by atoms with Gasteiger partial charge in [-0.2, -0.15) is 5.10 Å². The Morgan fingerprint density at radius 1 is 1.65 bits per heavy atom. The lowest BCUT2D eigenvalue weighted by molar-refractivity contribution is -0.121. The van der Waals surface area contributed by atoms with Crippen molar-refractivity contribution in [2.75, 3.05) is 6.54 Å². The number of amides is 1. The van der Waals surface area contributed by atoms with Crippen LogP contribution in [0.4, 0.5) is 0 Å². The molecule has 0 bridgehead atoms. The number of aromatic nitrogens is 2. The quantitative estimate of drug-likeness (QED) is 0.733. The van der Waals surface area contributed by atoms with Crippen molar-refractivity contribution in [3.05, 3.63) is 18.0 Å². The van der Waals surface area contributed by atoms with Crippen molar-refractivity contribution in [1.29, 1.82) is 0 Å². The van der Waals surface area contributed by atoms with Crippen LogP contribution in [0, 0.1) is 0 Å². The molecule has 0 aliphatic rings. The molecule has 0 saturated carbocycles. The van der Waals surface area contributed by atoms with E-state index in [9.17, 15) is 9.90 Å². The predicted octanol–water partition coefficient (Wildman–Crippen LogP) is 0.630. The third-order valence-electron chi connectivity index (χ3n) is 2.56. The van der Waals surface area contributed by atoms with Crippen molar-refractivity contribution in [1.82, 2.24) is 15.1 Å². The summed E-state index contributed by atoms with van der Waals surface area (Å²) < 4.78 is 1.72. The zero-order valence-electron chi connectivity index (χ0n) is 10.5. The van der Waals surface area contributed by atoms with Gasteiger partial charge in [0.15, 0.2) is 0 Å². The number of aryl methyl sites for hydroxylation is 2. The number of aliphatic hydroxyl groups is 1. The molecule has 0 radical (unpaired) electrons. The molecular formula is C12H21N3O2. The van der Waals surface area contributed by atoms with Gasteiger partial charge < -0.3 is 10.4 Å². The van der Waals surface area contributed by atoms with Crippen LogP contribution in [0.1, 0.15) is 31.7 Å². The normalized spacial score (nSPS) is 12.4. The van der Waals surface area contributed by atoms with Crippen molar-refractivity contribution >= 4 is 5.91 Å². The molecule has 0 aliphatic carbocycles. The molecule has 2 N–H and O–H groups in total. The Labute approximate surface area is 102 Å². The van der Waals surface area contributed by atoms with Crippen LogP contribution >= 0.6 is 0 Å². The largest absolute Gasteiger partial charge is 0.391 e. The Hall–Kier alpha value is -1.36. The highest BCUT2D eigenvalue weighted by atomic mass is 16.3. The summed E-state index contributed by atoms with van der Waals surface area (Å²) in [6.07, 6.45) is 6.00. The lowest BCUT2D eigenvalue weighted by atomic mass is 10.2. The van der Waals surface area contributed by atoms with Crippen LogP contribution < -0.4 is 5.32 Å². The van der Waals surface area contributed by atoms with Crippen molar-refractivity contribution in [3.8, 4) is 0 Å². The Bertz CT molecular complexity index is 349. The molecule has 0 fully saturated rings. The molecule has 0 spiro atoms. The highest BCUT2D eigenvalue weighted by molar-refractivity contribution is 5.76. The van der Waals surface area contributed by atoms with Crippen molar-refractivity contribution < 1.29 is 9.90 Å². The van der Waals surface area contributed by atoms with Crippen LogP contribution in [-0.4, -0.2) is 33.4 Å². The summed E-state index contributed by atoms with van der Waals surface area (Å²) in [6, 6.07) is 0. The fraction of sp³-hybridized carbons (Fsp3) is 0.667. The van der Waals surface area contributed by atoms with Gasteiger partial charge in [0.25, 0.3) is 0 Å². The Kier molecular flexibility index (Phi) is 5.69. The van der Waals surface area contributed by atoms with Gasteiger partial charge in [-0.15, -0.1) is 0 Å². The molecule has 0 aromatic carbocycles. The zero-order valence-corrected chi connectivity index (χ0v) is 10.5. The van der Waals surface area contributed by atoms with E-state index < -0.39 is 6.10 Å². The molecule has 5 nitrogen and oxygen atoms in total. The summed E-state index contributed by atoms with van der Waals surface area (Å²) in [5.41, 5.74) is 1.05. The monoisotopic (exact) mass is 239 g/mol. The Morgan fingerprint density at radius 3 is 3.00 bits per heavy atom. The SMILES string of the molecule is CCCC(O)CNC(=O)CCc1cnn(C)c1. The molecule has 96 valence electrons. The van der Waals surface area contributed by atoms with Crippen LogP contribution in [0.15, 0.2) is 12.4 Å². The maximum absolute atomic E-state index is 11.5. The van der Waals surface area contributed by atoms with Gasteiger partial charge in [0.1, 0.15) is 0 Å². The minimum atomic E-state index is -0.428. The first kappa shape index (κ1) is 13.7. The van der Waals surface area contributed by atoms with Crippen molar-refractivity contribution in [2.24, 2.45) is 7.05 Å². The number of hydrogen-bond acceptors (Lipinski definition) is 3. The molecule has 0 saturated heterocycles. The summed E-state index contributed by atoms with van der Waals surface area (Å²) in [5, 5.41) is 16.2. The van der Waals surface area contributed by atoms with E-state index in [0.717, 1.165) is 18.4 Å². The maximum Gasteiger partial charge on any atom is 0.220 e. The average Bonchev–Trinajstić information content (AvgIpc) is 2.70. The lowest BCUT2D eigenvalue weighted by Gasteiger charge is -2.10. The van der Waals surface area contributed by atoms with E-state index >= 15 is 0 Å². The summed E-state index contributed by atoms with van der Waals surface area (Å²) in [6.45, 7) is 2.35. The molecule has 0 aliphatic heterocycles. The van der Waals surface area contributed by atoms with E-state index in [4.69, 9.17) is 0 Å². The second-order valence-electron chi connectivity index (χ2n) is 4.27. The lowest BCUT2D eigenvalue weighted by Crippen LogP contribution is -2.32. The zero-order chi connectivity index (χ0) is 12.7. The number of carbonyl (C=O) groups is 1. The van der Waals surface area contributed by atoms with Crippen LogP contribution in [0.25, 0.3) is 0 Å². The van der Waals surface area contributed by atoms with Crippen LogP contribution in [0.5, 0.6) is 0 Å². The summed E-state index contributed by atoms with van der Waals surface area (Å²) in [4.78, 5) is 11.5. The highest BCUT2D eigenvalue weighted by Gasteiger charge is 2.06. The van der Waals surface area contributed by atoms with Gasteiger partial charge in [-0.25, -0.2) is 0 Å². The summed E-state index contributed by atoms with van der Waals surface area (Å²) in [5.74, 6) is -0.0241. The molecule has 1 heterocycles. The van der Waals surface area contributed by atoms with Gasteiger partial charge in [-0.1, -0.05) is 13.3 Å². The number of rotatable bonds is 7. The van der Waals surface area contributed by atoms with Gasteiger partial charge in [-0.3, -0.25) is 9.48 Å². The van der Waals surface area contributed by atoms with E-state index in [1.54, 1.807) is 10.9 Å². The van der Waals surface area contributed by atoms with Crippen LogP contribution in [0.2, 0.25) is 0 Å². The topological polar surface area (TPSA) is 67.2 Å². The fourth-order valence-electron chi connectivity index (χ4n) is 1.61. The van der Waals surface area contributed by atoms with Gasteiger partial charge in [0.2, 0.25) is 5.91 Å². The third-order valence-corrected chi connectivity index (χ3v) is 2.56. The summed E-state index contributed by atoms with van der Waals surface area (Å²) in [7, 11) is 1.85. The van der Waals surface area contributed by atoms with E-state index in [1.165, 1.54) is 0 Å². The minimum absolute atomic E-state index is 0.0241. The van der Waals surface area contributed by atoms with Crippen LogP contribution in [-0.2, 0) is 18.3 Å². The number of nitrogens with zero attached hydrogens (tertiary/aromatic N) is 2. The third kappa shape index (κ3) is 5.49. The molecular weight excluding hydrogens is 218 g/mol. The molecule has 17 heavy (non-hydrogen) atoms. The first-order valence-electron chi connectivity index (χ1n) is 6.04. The molecule has 1 amide bonds. The molecule has 1 unspecified atom stereocenters. The molecule has 1 rings (SSSR count). The number of hydrogen-bond donors (Lipinski definition) is 2. The van der Waals surface area contributed by atoms with Gasteiger partial charge >= 0.3 is 0 Å². The Morgan fingerprint density at radius 2 is 2.41 bits per heavy atom. The minimum Gasteiger partial charge on any atom is -0.391 e. The van der Waals surface area contributed by atoms with Gasteiger partial charge in [-0.05, 0) is 18.4 Å². The fourth-order valence-corrected chi connectivity index (χ4v) is 1.61. The average molecular weight is 239 g/mol. The van der Waals surface area contributed by atoms with Crippen molar-refractivity contribution in [3.63, 3.8) is 0 Å². The molecule has 1 atom stereocenters. The highest BCUT2D eigenvalue weighted by Crippen LogP contribution is 2.01. The standard InChI is InChI=1S/C12H21N3O2/c1-3-4-11(16)8-13-12(17)6-5-10-7-14-15(2)9-10/h7,9,11,16H,3-6,8H2,1-2H3,(H,13,17). The van der Waals surface area contributed by atoms with Gasteiger partial charge in [0.05, 0.1) is 12.3 Å². The number of aliphatic hydroxyl groups excluding tert-OH is 1. The second kappa shape index (κ2) is 7.06. The maximum atomic E-state index is 11.5. The molecule has 1 aromatic heterocycles. The van der Waals surface area contributed by atoms with Crippen LogP contribution in [0.3, 0.4) is 0 Å². The predicted molar refractivity (Wildman–Crippen MR) is 65.5 cm³/mol. The van der Waals surface area contributed by atoms with E-state index in [2.05, 4.69) is 10.4 Å². The summed E-state index contributed by atoms with van der Waals surface area (Å²) >= 11 is 0. The first-order chi connectivity index (χ1) is 8.11.